The summed E-state index contributed by atoms with van der Waals surface area (Å²) in [5.41, 5.74) is 0. The van der Waals surface area contributed by atoms with Crippen LogP contribution in [0.3, 0.4) is 0 Å². The summed E-state index contributed by atoms with van der Waals surface area (Å²) in [7, 11) is -1.70. The SMILES string of the molecule is CCCCCP(C)(C)=O. The summed E-state index contributed by atoms with van der Waals surface area (Å²) in [4.78, 5) is 0. The van der Waals surface area contributed by atoms with Crippen LogP contribution < -0.4 is 0 Å². The molecule has 0 aromatic carbocycles. The fourth-order valence-electron chi connectivity index (χ4n) is 0.743. The molecule has 56 valence electrons. The van der Waals surface area contributed by atoms with E-state index in [4.69, 9.17) is 0 Å². The van der Waals surface area contributed by atoms with Crippen molar-refractivity contribution in [2.24, 2.45) is 0 Å². The molecule has 0 saturated heterocycles. The van der Waals surface area contributed by atoms with E-state index in [9.17, 15) is 4.57 Å². The molecule has 0 radical (unpaired) electrons. The molecule has 0 amide bonds. The van der Waals surface area contributed by atoms with Crippen molar-refractivity contribution in [2.75, 3.05) is 19.5 Å². The fourth-order valence-corrected chi connectivity index (χ4v) is 1.73. The molecule has 0 atom stereocenters. The predicted octanol–water partition coefficient (Wildman–Crippen LogP) is 2.80. The second-order valence-corrected chi connectivity index (χ2v) is 6.60. The summed E-state index contributed by atoms with van der Waals surface area (Å²) in [5.74, 6) is 0. The predicted molar refractivity (Wildman–Crippen MR) is 43.8 cm³/mol. The molecule has 0 spiro atoms. The summed E-state index contributed by atoms with van der Waals surface area (Å²) < 4.78 is 11.1. The highest BCUT2D eigenvalue weighted by Gasteiger charge is 2.04. The molecule has 0 aromatic heterocycles. The van der Waals surface area contributed by atoms with Crippen LogP contribution in [0.2, 0.25) is 0 Å². The number of hydrogen-bond donors (Lipinski definition) is 0. The van der Waals surface area contributed by atoms with Crippen molar-refractivity contribution < 1.29 is 4.57 Å². The number of rotatable bonds is 4. The molecule has 0 saturated carbocycles. The van der Waals surface area contributed by atoms with Gasteiger partial charge in [0, 0.05) is 6.16 Å². The first kappa shape index (κ1) is 9.23. The third kappa shape index (κ3) is 8.23. The van der Waals surface area contributed by atoms with E-state index in [1.54, 1.807) is 0 Å². The quantitative estimate of drug-likeness (QED) is 0.442. The van der Waals surface area contributed by atoms with E-state index in [0.717, 1.165) is 12.6 Å². The normalized spacial score (nSPS) is 11.9. The zero-order valence-corrected chi connectivity index (χ0v) is 7.58. The van der Waals surface area contributed by atoms with Gasteiger partial charge in [-0.05, 0) is 19.8 Å². The smallest absolute Gasteiger partial charge is 0.0819 e. The van der Waals surface area contributed by atoms with Gasteiger partial charge in [0.15, 0.2) is 0 Å². The van der Waals surface area contributed by atoms with Gasteiger partial charge in [-0.1, -0.05) is 19.8 Å². The molecular formula is C7H17OP. The molecule has 1 nitrogen and oxygen atoms in total. The van der Waals surface area contributed by atoms with Crippen molar-refractivity contribution in [1.82, 2.24) is 0 Å². The van der Waals surface area contributed by atoms with Crippen LogP contribution >= 0.6 is 7.14 Å². The third-order valence-electron chi connectivity index (χ3n) is 1.30. The maximum atomic E-state index is 11.1. The second kappa shape index (κ2) is 4.11. The Kier molecular flexibility index (Phi) is 4.22. The maximum Gasteiger partial charge on any atom is 0.0819 e. The molecular weight excluding hydrogens is 131 g/mol. The molecule has 0 heterocycles. The standard InChI is InChI=1S/C7H17OP/c1-4-5-6-7-9(2,3)8/h4-7H2,1-3H3. The Morgan fingerprint density at radius 1 is 1.22 bits per heavy atom. The van der Waals surface area contributed by atoms with Crippen LogP contribution in [0.25, 0.3) is 0 Å². The molecule has 2 heteroatoms. The van der Waals surface area contributed by atoms with E-state index < -0.39 is 7.14 Å². The Balaban J connectivity index is 3.18. The van der Waals surface area contributed by atoms with Gasteiger partial charge in [0.2, 0.25) is 0 Å². The summed E-state index contributed by atoms with van der Waals surface area (Å²) in [5, 5.41) is 0. The van der Waals surface area contributed by atoms with Crippen LogP contribution in [-0.4, -0.2) is 19.5 Å². The second-order valence-electron chi connectivity index (χ2n) is 3.00. The molecule has 0 bridgehead atoms. The fraction of sp³-hybridized carbons (Fsp3) is 1.00. The maximum absolute atomic E-state index is 11.1. The number of hydrogen-bond acceptors (Lipinski definition) is 1. The average molecular weight is 148 g/mol. The van der Waals surface area contributed by atoms with Crippen molar-refractivity contribution in [1.29, 1.82) is 0 Å². The lowest BCUT2D eigenvalue weighted by Crippen LogP contribution is -1.85. The Morgan fingerprint density at radius 3 is 2.11 bits per heavy atom. The van der Waals surface area contributed by atoms with Crippen molar-refractivity contribution in [2.45, 2.75) is 26.2 Å². The van der Waals surface area contributed by atoms with Crippen LogP contribution in [0.5, 0.6) is 0 Å². The van der Waals surface area contributed by atoms with Crippen LogP contribution in [0.4, 0.5) is 0 Å². The van der Waals surface area contributed by atoms with E-state index in [1.807, 2.05) is 13.3 Å². The zero-order valence-electron chi connectivity index (χ0n) is 6.68. The minimum Gasteiger partial charge on any atom is -0.324 e. The van der Waals surface area contributed by atoms with Gasteiger partial charge in [-0.25, -0.2) is 0 Å². The summed E-state index contributed by atoms with van der Waals surface area (Å²) in [6, 6.07) is 0. The summed E-state index contributed by atoms with van der Waals surface area (Å²) in [6.45, 7) is 5.89. The minimum atomic E-state index is -1.70. The van der Waals surface area contributed by atoms with Gasteiger partial charge in [0.25, 0.3) is 0 Å². The molecule has 0 unspecified atom stereocenters. The van der Waals surface area contributed by atoms with Gasteiger partial charge < -0.3 is 4.57 Å². The average Bonchev–Trinajstić information content (AvgIpc) is 1.63. The lowest BCUT2D eigenvalue weighted by molar-refractivity contribution is 0.579. The molecule has 9 heavy (non-hydrogen) atoms. The van der Waals surface area contributed by atoms with Gasteiger partial charge in [0.1, 0.15) is 0 Å². The Morgan fingerprint density at radius 2 is 1.78 bits per heavy atom. The van der Waals surface area contributed by atoms with E-state index in [1.165, 1.54) is 12.8 Å². The Hall–Kier alpha value is 0.230. The first-order valence-corrected chi connectivity index (χ1v) is 6.39. The summed E-state index contributed by atoms with van der Waals surface area (Å²) in [6.07, 6.45) is 4.52. The third-order valence-corrected chi connectivity index (χ3v) is 2.69. The van der Waals surface area contributed by atoms with Gasteiger partial charge in [0.05, 0.1) is 7.14 Å². The van der Waals surface area contributed by atoms with Gasteiger partial charge in [-0.2, -0.15) is 0 Å². The molecule has 0 rings (SSSR count). The van der Waals surface area contributed by atoms with Crippen molar-refractivity contribution in [3.05, 3.63) is 0 Å². The zero-order chi connectivity index (χ0) is 7.33. The monoisotopic (exact) mass is 148 g/mol. The Bertz CT molecular complexity index is 103. The highest BCUT2D eigenvalue weighted by atomic mass is 31.2. The largest absolute Gasteiger partial charge is 0.324 e. The van der Waals surface area contributed by atoms with E-state index in [-0.39, 0.29) is 0 Å². The van der Waals surface area contributed by atoms with Crippen LogP contribution in [0.1, 0.15) is 26.2 Å². The Labute approximate surface area is 58.2 Å². The highest BCUT2D eigenvalue weighted by molar-refractivity contribution is 7.62. The summed E-state index contributed by atoms with van der Waals surface area (Å²) >= 11 is 0. The first-order valence-electron chi connectivity index (χ1n) is 3.60. The van der Waals surface area contributed by atoms with E-state index in [0.29, 0.717) is 0 Å². The number of unbranched alkanes of at least 4 members (excludes halogenated alkanes) is 2. The van der Waals surface area contributed by atoms with Crippen LogP contribution in [-0.2, 0) is 4.57 Å². The van der Waals surface area contributed by atoms with Crippen LogP contribution in [0.15, 0.2) is 0 Å². The molecule has 0 aliphatic carbocycles. The minimum absolute atomic E-state index is 0.931. The van der Waals surface area contributed by atoms with Gasteiger partial charge >= 0.3 is 0 Å². The van der Waals surface area contributed by atoms with Gasteiger partial charge in [-0.15, -0.1) is 0 Å². The van der Waals surface area contributed by atoms with Gasteiger partial charge in [-0.3, -0.25) is 0 Å². The molecule has 0 fully saturated rings. The first-order chi connectivity index (χ1) is 4.06. The molecule has 0 aliphatic rings. The molecule has 0 N–H and O–H groups in total. The molecule has 0 aliphatic heterocycles. The van der Waals surface area contributed by atoms with Crippen LogP contribution in [0, 0.1) is 0 Å². The topological polar surface area (TPSA) is 17.1 Å². The molecule has 0 aromatic rings. The highest BCUT2D eigenvalue weighted by Crippen LogP contribution is 2.36. The lowest BCUT2D eigenvalue weighted by Gasteiger charge is -2.03. The van der Waals surface area contributed by atoms with Crippen molar-refractivity contribution in [3.8, 4) is 0 Å². The van der Waals surface area contributed by atoms with E-state index in [2.05, 4.69) is 6.92 Å². The lowest BCUT2D eigenvalue weighted by atomic mass is 10.3. The van der Waals surface area contributed by atoms with E-state index >= 15 is 0 Å². The van der Waals surface area contributed by atoms with Crippen molar-refractivity contribution in [3.63, 3.8) is 0 Å². The van der Waals surface area contributed by atoms with Crippen molar-refractivity contribution >= 4 is 7.14 Å².